The quantitative estimate of drug-likeness (QED) is 0.877. The van der Waals surface area contributed by atoms with Crippen LogP contribution in [-0.2, 0) is 16.6 Å². The van der Waals surface area contributed by atoms with Crippen molar-refractivity contribution < 1.29 is 12.8 Å². The molecule has 0 unspecified atom stereocenters. The fraction of sp³-hybridized carbons (Fsp3) is 0.600. The van der Waals surface area contributed by atoms with E-state index in [0.717, 1.165) is 25.7 Å². The van der Waals surface area contributed by atoms with Crippen LogP contribution >= 0.6 is 0 Å². The van der Waals surface area contributed by atoms with Gasteiger partial charge in [-0.1, -0.05) is 37.5 Å². The van der Waals surface area contributed by atoms with E-state index in [4.69, 9.17) is 0 Å². The third kappa shape index (κ3) is 4.49. The molecule has 4 nitrogen and oxygen atoms in total. The summed E-state index contributed by atoms with van der Waals surface area (Å²) < 4.78 is 41.9. The number of rotatable bonds is 6. The zero-order valence-corrected chi connectivity index (χ0v) is 13.2. The molecule has 0 aliphatic heterocycles. The van der Waals surface area contributed by atoms with E-state index in [1.54, 1.807) is 25.2 Å². The summed E-state index contributed by atoms with van der Waals surface area (Å²) in [5, 5.41) is 0. The molecule has 118 valence electrons. The zero-order valence-electron chi connectivity index (χ0n) is 12.4. The lowest BCUT2D eigenvalue weighted by atomic mass is 9.96. The van der Waals surface area contributed by atoms with Crippen LogP contribution in [0, 0.1) is 5.82 Å². The Labute approximate surface area is 126 Å². The Hall–Kier alpha value is -0.980. The van der Waals surface area contributed by atoms with Gasteiger partial charge in [0, 0.05) is 19.6 Å². The number of hydrogen-bond acceptors (Lipinski definition) is 2. The average molecular weight is 314 g/mol. The molecule has 2 rings (SSSR count). The zero-order chi connectivity index (χ0) is 15.3. The van der Waals surface area contributed by atoms with Crippen molar-refractivity contribution in [1.82, 2.24) is 9.03 Å². The van der Waals surface area contributed by atoms with Gasteiger partial charge in [-0.15, -0.1) is 0 Å². The van der Waals surface area contributed by atoms with Gasteiger partial charge >= 0.3 is 0 Å². The molecule has 1 aromatic carbocycles. The van der Waals surface area contributed by atoms with Gasteiger partial charge in [-0.2, -0.15) is 12.7 Å². The summed E-state index contributed by atoms with van der Waals surface area (Å²) in [6.45, 7) is 0.209. The summed E-state index contributed by atoms with van der Waals surface area (Å²) in [6, 6.07) is 6.53. The first-order chi connectivity index (χ1) is 10.0. The summed E-state index contributed by atoms with van der Waals surface area (Å²) in [7, 11) is -1.86. The number of halogens is 1. The predicted octanol–water partition coefficient (Wildman–Crippen LogP) is 2.47. The molecule has 0 aromatic heterocycles. The topological polar surface area (TPSA) is 49.4 Å². The predicted molar refractivity (Wildman–Crippen MR) is 81.7 cm³/mol. The fourth-order valence-corrected chi connectivity index (χ4v) is 3.93. The summed E-state index contributed by atoms with van der Waals surface area (Å²) >= 11 is 0. The normalized spacial score (nSPS) is 17.3. The van der Waals surface area contributed by atoms with Crippen LogP contribution in [0.2, 0.25) is 0 Å². The lowest BCUT2D eigenvalue weighted by Crippen LogP contribution is -2.45. The highest BCUT2D eigenvalue weighted by molar-refractivity contribution is 7.87. The first-order valence-electron chi connectivity index (χ1n) is 7.47. The van der Waals surface area contributed by atoms with Gasteiger partial charge in [0.25, 0.3) is 10.2 Å². The van der Waals surface area contributed by atoms with Crippen molar-refractivity contribution >= 4 is 10.2 Å². The molecule has 1 N–H and O–H groups in total. The van der Waals surface area contributed by atoms with Crippen molar-refractivity contribution in [3.63, 3.8) is 0 Å². The Kier molecular flexibility index (Phi) is 5.72. The average Bonchev–Trinajstić information content (AvgIpc) is 2.49. The third-order valence-corrected chi connectivity index (χ3v) is 5.73. The first-order valence-corrected chi connectivity index (χ1v) is 8.91. The van der Waals surface area contributed by atoms with Crippen LogP contribution in [0.4, 0.5) is 4.39 Å². The van der Waals surface area contributed by atoms with Gasteiger partial charge in [0.2, 0.25) is 0 Å². The van der Waals surface area contributed by atoms with E-state index >= 15 is 0 Å². The molecule has 0 radical (unpaired) electrons. The van der Waals surface area contributed by atoms with Gasteiger partial charge < -0.3 is 0 Å². The number of benzene rings is 1. The molecule has 1 aromatic rings. The van der Waals surface area contributed by atoms with E-state index in [9.17, 15) is 12.8 Å². The largest absolute Gasteiger partial charge is 0.279 e. The minimum Gasteiger partial charge on any atom is -0.207 e. The summed E-state index contributed by atoms with van der Waals surface area (Å²) in [5.41, 5.74) is 0.528. The smallest absolute Gasteiger partial charge is 0.207 e. The van der Waals surface area contributed by atoms with Crippen LogP contribution < -0.4 is 4.72 Å². The lowest BCUT2D eigenvalue weighted by molar-refractivity contribution is 0.283. The maximum absolute atomic E-state index is 13.5. The second-order valence-corrected chi connectivity index (χ2v) is 7.36. The molecule has 1 aliphatic rings. The Morgan fingerprint density at radius 3 is 2.57 bits per heavy atom. The van der Waals surface area contributed by atoms with E-state index in [1.165, 1.54) is 16.8 Å². The standard InChI is InChI=1S/C15H23FN2O2S/c1-18(14-8-3-2-4-9-14)21(19,20)17-12-11-13-7-5-6-10-15(13)16/h5-7,10,14,17H,2-4,8-9,11-12H2,1H3. The van der Waals surface area contributed by atoms with Gasteiger partial charge in [0.1, 0.15) is 5.82 Å². The molecule has 0 bridgehead atoms. The van der Waals surface area contributed by atoms with Crippen LogP contribution in [-0.4, -0.2) is 32.4 Å². The molecule has 0 spiro atoms. The molecule has 0 amide bonds. The molecule has 1 aliphatic carbocycles. The second-order valence-electron chi connectivity index (χ2n) is 5.55. The van der Waals surface area contributed by atoms with Gasteiger partial charge in [-0.05, 0) is 30.9 Å². The Morgan fingerprint density at radius 1 is 1.24 bits per heavy atom. The fourth-order valence-electron chi connectivity index (χ4n) is 2.76. The number of hydrogen-bond donors (Lipinski definition) is 1. The second kappa shape index (κ2) is 7.33. The molecule has 21 heavy (non-hydrogen) atoms. The van der Waals surface area contributed by atoms with E-state index in [1.807, 2.05) is 0 Å². The highest BCUT2D eigenvalue weighted by Crippen LogP contribution is 2.22. The maximum Gasteiger partial charge on any atom is 0.279 e. The molecule has 0 heterocycles. The molecule has 0 atom stereocenters. The third-order valence-electron chi connectivity index (χ3n) is 4.10. The highest BCUT2D eigenvalue weighted by Gasteiger charge is 2.26. The van der Waals surface area contributed by atoms with Crippen molar-refractivity contribution in [2.45, 2.75) is 44.6 Å². The van der Waals surface area contributed by atoms with Crippen molar-refractivity contribution in [2.24, 2.45) is 0 Å². The van der Waals surface area contributed by atoms with Gasteiger partial charge in [-0.3, -0.25) is 0 Å². The Morgan fingerprint density at radius 2 is 1.90 bits per heavy atom. The Balaban J connectivity index is 1.87. The van der Waals surface area contributed by atoms with E-state index in [2.05, 4.69) is 4.72 Å². The molecule has 1 saturated carbocycles. The van der Waals surface area contributed by atoms with Crippen molar-refractivity contribution in [3.05, 3.63) is 35.6 Å². The van der Waals surface area contributed by atoms with Gasteiger partial charge in [0.05, 0.1) is 0 Å². The number of nitrogens with one attached hydrogen (secondary N) is 1. The monoisotopic (exact) mass is 314 g/mol. The summed E-state index contributed by atoms with van der Waals surface area (Å²) in [6.07, 6.45) is 5.55. The minimum atomic E-state index is -3.48. The molecule has 6 heteroatoms. The SMILES string of the molecule is CN(C1CCCCC1)S(=O)(=O)NCCc1ccccc1F. The molecule has 1 fully saturated rings. The Bertz CT molecular complexity index is 557. The minimum absolute atomic E-state index is 0.0877. The van der Waals surface area contributed by atoms with Gasteiger partial charge in [-0.25, -0.2) is 9.11 Å². The van der Waals surface area contributed by atoms with Crippen molar-refractivity contribution in [2.75, 3.05) is 13.6 Å². The van der Waals surface area contributed by atoms with Crippen LogP contribution in [0.3, 0.4) is 0 Å². The van der Waals surface area contributed by atoms with Crippen LogP contribution in [0.15, 0.2) is 24.3 Å². The van der Waals surface area contributed by atoms with Crippen LogP contribution in [0.5, 0.6) is 0 Å². The summed E-state index contributed by atoms with van der Waals surface area (Å²) in [5.74, 6) is -0.294. The van der Waals surface area contributed by atoms with Gasteiger partial charge in [0.15, 0.2) is 0 Å². The number of nitrogens with zero attached hydrogens (tertiary/aromatic N) is 1. The lowest BCUT2D eigenvalue weighted by Gasteiger charge is -2.30. The molecule has 0 saturated heterocycles. The van der Waals surface area contributed by atoms with E-state index in [-0.39, 0.29) is 18.4 Å². The van der Waals surface area contributed by atoms with Crippen molar-refractivity contribution in [3.8, 4) is 0 Å². The van der Waals surface area contributed by atoms with E-state index < -0.39 is 10.2 Å². The van der Waals surface area contributed by atoms with E-state index in [0.29, 0.717) is 12.0 Å². The molecular formula is C15H23FN2O2S. The highest BCUT2D eigenvalue weighted by atomic mass is 32.2. The molecular weight excluding hydrogens is 291 g/mol. The first kappa shape index (κ1) is 16.4. The summed E-state index contributed by atoms with van der Waals surface area (Å²) in [4.78, 5) is 0. The van der Waals surface area contributed by atoms with Crippen molar-refractivity contribution in [1.29, 1.82) is 0 Å². The maximum atomic E-state index is 13.5. The van der Waals surface area contributed by atoms with Crippen LogP contribution in [0.25, 0.3) is 0 Å². The van der Waals surface area contributed by atoms with Crippen LogP contribution in [0.1, 0.15) is 37.7 Å².